The number of anilines is 1. The van der Waals surface area contributed by atoms with Crippen LogP contribution in [0.15, 0.2) is 12.5 Å². The van der Waals surface area contributed by atoms with Gasteiger partial charge in [0.1, 0.15) is 12.4 Å². The second-order valence-corrected chi connectivity index (χ2v) is 5.04. The second kappa shape index (κ2) is 6.29. The molecule has 1 aromatic heterocycles. The third-order valence-electron chi connectivity index (χ3n) is 3.10. The van der Waals surface area contributed by atoms with E-state index >= 15 is 0 Å². The van der Waals surface area contributed by atoms with Gasteiger partial charge >= 0.3 is 8.25 Å². The zero-order chi connectivity index (χ0) is 13.8. The molecule has 0 amide bonds. The summed E-state index contributed by atoms with van der Waals surface area (Å²) in [5.41, 5.74) is 0. The van der Waals surface area contributed by atoms with E-state index in [0.29, 0.717) is 12.8 Å². The molecule has 2 unspecified atom stereocenters. The quantitative estimate of drug-likeness (QED) is 0.690. The van der Waals surface area contributed by atoms with E-state index in [-0.39, 0.29) is 24.4 Å². The molecule has 104 valence electrons. The summed E-state index contributed by atoms with van der Waals surface area (Å²) in [5.74, 6) is -0.750. The Labute approximate surface area is 109 Å². The van der Waals surface area contributed by atoms with E-state index in [9.17, 15) is 14.1 Å². The Bertz CT molecular complexity index is 464. The molecule has 0 radical (unpaired) electrons. The first kappa shape index (κ1) is 14.2. The Hall–Kier alpha value is -1.21. The van der Waals surface area contributed by atoms with Gasteiger partial charge < -0.3 is 10.4 Å². The van der Waals surface area contributed by atoms with Crippen molar-refractivity contribution in [3.63, 3.8) is 0 Å². The van der Waals surface area contributed by atoms with Crippen LogP contribution in [0.3, 0.4) is 0 Å². The van der Waals surface area contributed by atoms with Crippen LogP contribution in [0, 0.1) is 11.7 Å². The summed E-state index contributed by atoms with van der Waals surface area (Å²) in [5, 5.41) is 12.1. The minimum atomic E-state index is -2.72. The first-order chi connectivity index (χ1) is 9.10. The zero-order valence-corrected chi connectivity index (χ0v) is 10.8. The van der Waals surface area contributed by atoms with E-state index in [1.807, 2.05) is 0 Å². The summed E-state index contributed by atoms with van der Waals surface area (Å²) in [7, 11) is -2.72. The first-order valence-corrected chi connectivity index (χ1v) is 6.89. The van der Waals surface area contributed by atoms with Crippen LogP contribution < -0.4 is 5.32 Å². The van der Waals surface area contributed by atoms with Gasteiger partial charge in [-0.2, -0.15) is 0 Å². The summed E-state index contributed by atoms with van der Waals surface area (Å²) in [4.78, 5) is 16.1. The first-order valence-electron chi connectivity index (χ1n) is 5.76. The number of rotatable bonds is 5. The fourth-order valence-electron chi connectivity index (χ4n) is 2.25. The highest BCUT2D eigenvalue weighted by Gasteiger charge is 2.40. The van der Waals surface area contributed by atoms with Crippen LogP contribution in [0.1, 0.15) is 12.8 Å². The van der Waals surface area contributed by atoms with Crippen LogP contribution in [-0.4, -0.2) is 38.7 Å². The van der Waals surface area contributed by atoms with Crippen molar-refractivity contribution in [2.45, 2.75) is 25.0 Å². The van der Waals surface area contributed by atoms with Gasteiger partial charge in [-0.25, -0.2) is 14.4 Å². The topological polar surface area (TPSA) is 105 Å². The van der Waals surface area contributed by atoms with Crippen LogP contribution in [0.25, 0.3) is 0 Å². The molecule has 2 rings (SSSR count). The van der Waals surface area contributed by atoms with Crippen LogP contribution in [-0.2, 0) is 9.09 Å². The molecule has 1 heterocycles. The second-order valence-electron chi connectivity index (χ2n) is 4.36. The van der Waals surface area contributed by atoms with Crippen LogP contribution in [0.4, 0.5) is 10.2 Å². The van der Waals surface area contributed by atoms with Crippen LogP contribution >= 0.6 is 8.25 Å². The molecular weight excluding hydrogens is 276 g/mol. The van der Waals surface area contributed by atoms with Gasteiger partial charge in [-0.15, -0.1) is 9.42 Å². The Morgan fingerprint density at radius 3 is 3.00 bits per heavy atom. The molecule has 1 saturated carbocycles. The minimum absolute atomic E-state index is 0.0747. The number of aliphatic hydroxyl groups is 1. The molecule has 3 N–H and O–H groups in total. The number of halogens is 1. The summed E-state index contributed by atoms with van der Waals surface area (Å²) >= 11 is 0. The van der Waals surface area contributed by atoms with E-state index in [0.717, 1.165) is 6.20 Å². The maximum Gasteiger partial charge on any atom is 0.695 e. The van der Waals surface area contributed by atoms with Gasteiger partial charge in [0.15, 0.2) is 11.6 Å². The highest BCUT2D eigenvalue weighted by atomic mass is 31.1. The summed E-state index contributed by atoms with van der Waals surface area (Å²) in [6.45, 7) is -0.154. The van der Waals surface area contributed by atoms with Gasteiger partial charge in [-0.05, 0) is 12.8 Å². The lowest BCUT2D eigenvalue weighted by Gasteiger charge is -2.12. The van der Waals surface area contributed by atoms with Crippen molar-refractivity contribution < 1.29 is 23.5 Å². The number of hydrogen-bond donors (Lipinski definition) is 3. The van der Waals surface area contributed by atoms with Gasteiger partial charge in [0.25, 0.3) is 0 Å². The Kier molecular flexibility index (Phi) is 4.71. The molecule has 1 fully saturated rings. The van der Waals surface area contributed by atoms with Gasteiger partial charge in [0.2, 0.25) is 0 Å². The lowest BCUT2D eigenvalue weighted by atomic mass is 10.1. The number of nitrogens with one attached hydrogen (secondary N) is 1. The molecule has 1 aliphatic carbocycles. The monoisotopic (exact) mass is 290 g/mol. The lowest BCUT2D eigenvalue weighted by Crippen LogP contribution is -2.19. The molecule has 0 spiro atoms. The Balaban J connectivity index is 2.00. The fraction of sp³-hybridized carbons (Fsp3) is 0.600. The number of hydrogen-bond acceptors (Lipinski definition) is 6. The maximum absolute atomic E-state index is 13.4. The zero-order valence-electron chi connectivity index (χ0n) is 9.94. The molecule has 19 heavy (non-hydrogen) atoms. The van der Waals surface area contributed by atoms with Crippen molar-refractivity contribution in [2.75, 3.05) is 11.9 Å². The average Bonchev–Trinajstić information content (AvgIpc) is 2.73. The summed E-state index contributed by atoms with van der Waals surface area (Å²) in [6, 6.07) is -0.179. The molecule has 7 nitrogen and oxygen atoms in total. The van der Waals surface area contributed by atoms with Gasteiger partial charge in [0.05, 0.1) is 6.20 Å². The number of aromatic nitrogens is 2. The van der Waals surface area contributed by atoms with Crippen molar-refractivity contribution in [3.8, 4) is 0 Å². The highest BCUT2D eigenvalue weighted by molar-refractivity contribution is 7.32. The van der Waals surface area contributed by atoms with E-state index in [1.165, 1.54) is 6.33 Å². The standard InChI is InChI=1S/C10H13FN3O4P/c11-8-3-12-5-13-10(8)14-7-1-6(4-15)9(2-7)18-19(16)17/h3,5-7,9,15H,1-2,4H2,(H-,12,13,14,16,17)/p+1/t6?,7-,9+/m1/s1. The highest BCUT2D eigenvalue weighted by Crippen LogP contribution is 2.35. The third-order valence-corrected chi connectivity index (χ3v) is 3.55. The van der Waals surface area contributed by atoms with E-state index in [1.54, 1.807) is 0 Å². The molecule has 0 aliphatic heterocycles. The van der Waals surface area contributed by atoms with E-state index < -0.39 is 20.2 Å². The molecule has 1 aromatic rings. The Morgan fingerprint density at radius 1 is 1.58 bits per heavy atom. The Morgan fingerprint density at radius 2 is 2.37 bits per heavy atom. The summed E-state index contributed by atoms with van der Waals surface area (Å²) in [6.07, 6.45) is 2.65. The van der Waals surface area contributed by atoms with Crippen molar-refractivity contribution in [3.05, 3.63) is 18.3 Å². The average molecular weight is 290 g/mol. The summed E-state index contributed by atoms with van der Waals surface area (Å²) < 4.78 is 28.9. The molecule has 0 bridgehead atoms. The van der Waals surface area contributed by atoms with E-state index in [4.69, 9.17) is 9.42 Å². The SMILES string of the molecule is O=[P+](O)O[C@H]1C[C@H](Nc2ncncc2F)CC1CO. The normalized spacial score (nSPS) is 27.3. The van der Waals surface area contributed by atoms with Gasteiger partial charge in [-0.1, -0.05) is 0 Å². The molecule has 4 atom stereocenters. The smallest absolute Gasteiger partial charge is 0.396 e. The van der Waals surface area contributed by atoms with Crippen LogP contribution in [0.5, 0.6) is 0 Å². The van der Waals surface area contributed by atoms with Crippen LogP contribution in [0.2, 0.25) is 0 Å². The molecule has 1 aliphatic rings. The maximum atomic E-state index is 13.4. The largest absolute Gasteiger partial charge is 0.695 e. The predicted molar refractivity (Wildman–Crippen MR) is 63.9 cm³/mol. The molecule has 0 saturated heterocycles. The third kappa shape index (κ3) is 3.63. The van der Waals surface area contributed by atoms with E-state index in [2.05, 4.69) is 15.3 Å². The van der Waals surface area contributed by atoms with Gasteiger partial charge in [0, 0.05) is 23.1 Å². The van der Waals surface area contributed by atoms with Crippen molar-refractivity contribution in [1.29, 1.82) is 0 Å². The lowest BCUT2D eigenvalue weighted by molar-refractivity contribution is 0.106. The van der Waals surface area contributed by atoms with Gasteiger partial charge in [-0.3, -0.25) is 0 Å². The van der Waals surface area contributed by atoms with Crippen molar-refractivity contribution in [1.82, 2.24) is 9.97 Å². The van der Waals surface area contributed by atoms with Crippen molar-refractivity contribution >= 4 is 14.1 Å². The predicted octanol–water partition coefficient (Wildman–Crippen LogP) is 0.833. The molecular formula is C10H14FN3O4P+. The van der Waals surface area contributed by atoms with Crippen molar-refractivity contribution in [2.24, 2.45) is 5.92 Å². The molecule has 9 heteroatoms. The minimum Gasteiger partial charge on any atom is -0.396 e. The fourth-order valence-corrected chi connectivity index (χ4v) is 2.74. The molecule has 0 aromatic carbocycles. The number of nitrogens with zero attached hydrogens (tertiary/aromatic N) is 2. The number of aliphatic hydroxyl groups excluding tert-OH is 1.